The number of para-hydroxylation sites is 3. The van der Waals surface area contributed by atoms with Crippen LogP contribution >= 0.6 is 11.6 Å². The lowest BCUT2D eigenvalue weighted by atomic mass is 10.1. The summed E-state index contributed by atoms with van der Waals surface area (Å²) in [5, 5.41) is 0.596. The first-order valence-electron chi connectivity index (χ1n) is 10.8. The van der Waals surface area contributed by atoms with Crippen LogP contribution in [0.1, 0.15) is 23.7 Å². The van der Waals surface area contributed by atoms with Crippen LogP contribution in [0.15, 0.2) is 72.8 Å². The highest BCUT2D eigenvalue weighted by molar-refractivity contribution is 6.32. The fourth-order valence-electron chi connectivity index (χ4n) is 4.38. The molecule has 0 saturated carbocycles. The minimum atomic E-state index is 0.0238. The van der Waals surface area contributed by atoms with Gasteiger partial charge in [-0.1, -0.05) is 48.0 Å². The van der Waals surface area contributed by atoms with Crippen molar-refractivity contribution < 1.29 is 9.53 Å². The SMILES string of the molecule is Cc1cccc(N2C[C@@H](c3nc4ccccc4n3CCOc3ccccc3Cl)CC2=O)c1. The van der Waals surface area contributed by atoms with Crippen molar-refractivity contribution in [3.05, 3.63) is 89.2 Å². The smallest absolute Gasteiger partial charge is 0.227 e. The maximum atomic E-state index is 12.9. The third-order valence-corrected chi connectivity index (χ3v) is 6.21. The van der Waals surface area contributed by atoms with E-state index in [2.05, 4.69) is 16.7 Å². The van der Waals surface area contributed by atoms with Gasteiger partial charge in [0.1, 0.15) is 18.2 Å². The number of carbonyl (C=O) groups excluding carboxylic acids is 1. The Bertz CT molecular complexity index is 1280. The molecule has 0 spiro atoms. The zero-order valence-corrected chi connectivity index (χ0v) is 18.6. The number of amides is 1. The molecule has 3 aromatic carbocycles. The number of ether oxygens (including phenoxy) is 1. The Morgan fingerprint density at radius 2 is 1.88 bits per heavy atom. The number of nitrogens with zero attached hydrogens (tertiary/aromatic N) is 3. The van der Waals surface area contributed by atoms with Crippen LogP contribution in [0.25, 0.3) is 11.0 Å². The number of anilines is 1. The molecule has 1 aliphatic rings. The van der Waals surface area contributed by atoms with Crippen LogP contribution in [0.4, 0.5) is 5.69 Å². The van der Waals surface area contributed by atoms with E-state index in [1.54, 1.807) is 0 Å². The molecule has 0 unspecified atom stereocenters. The molecule has 2 heterocycles. The maximum Gasteiger partial charge on any atom is 0.227 e. The summed E-state index contributed by atoms with van der Waals surface area (Å²) in [5.41, 5.74) is 4.07. The normalized spacial score (nSPS) is 16.1. The molecule has 32 heavy (non-hydrogen) atoms. The van der Waals surface area contributed by atoms with E-state index in [1.807, 2.05) is 72.5 Å². The molecule has 0 aliphatic carbocycles. The van der Waals surface area contributed by atoms with Gasteiger partial charge in [0.15, 0.2) is 0 Å². The summed E-state index contributed by atoms with van der Waals surface area (Å²) >= 11 is 6.23. The van der Waals surface area contributed by atoms with Crippen molar-refractivity contribution in [1.82, 2.24) is 9.55 Å². The van der Waals surface area contributed by atoms with Crippen LogP contribution in [0.5, 0.6) is 5.75 Å². The molecule has 1 saturated heterocycles. The number of fused-ring (bicyclic) bond motifs is 1. The Kier molecular flexibility index (Phi) is 5.58. The number of hydrogen-bond donors (Lipinski definition) is 0. The number of hydrogen-bond acceptors (Lipinski definition) is 3. The Balaban J connectivity index is 1.41. The summed E-state index contributed by atoms with van der Waals surface area (Å²) in [5.74, 6) is 1.75. The largest absolute Gasteiger partial charge is 0.490 e. The molecular formula is C26H24ClN3O2. The minimum absolute atomic E-state index is 0.0238. The van der Waals surface area contributed by atoms with Gasteiger partial charge in [0.25, 0.3) is 0 Å². The van der Waals surface area contributed by atoms with Crippen LogP contribution in [0.2, 0.25) is 5.02 Å². The second-order valence-electron chi connectivity index (χ2n) is 8.13. The van der Waals surface area contributed by atoms with Crippen LogP contribution in [-0.2, 0) is 11.3 Å². The summed E-state index contributed by atoms with van der Waals surface area (Å²) in [7, 11) is 0. The van der Waals surface area contributed by atoms with Gasteiger partial charge in [-0.3, -0.25) is 4.79 Å². The van der Waals surface area contributed by atoms with Crippen molar-refractivity contribution in [3.63, 3.8) is 0 Å². The van der Waals surface area contributed by atoms with Crippen LogP contribution in [0, 0.1) is 6.92 Å². The fraction of sp³-hybridized carbons (Fsp3) is 0.231. The number of rotatable bonds is 6. The van der Waals surface area contributed by atoms with Crippen LogP contribution in [-0.4, -0.2) is 28.6 Å². The predicted octanol–water partition coefficient (Wildman–Crippen LogP) is 5.60. The van der Waals surface area contributed by atoms with Crippen molar-refractivity contribution in [3.8, 4) is 5.75 Å². The highest BCUT2D eigenvalue weighted by atomic mass is 35.5. The maximum absolute atomic E-state index is 12.9. The number of aromatic nitrogens is 2. The number of carbonyl (C=O) groups is 1. The van der Waals surface area contributed by atoms with Gasteiger partial charge in [-0.05, 0) is 48.9 Å². The fourth-order valence-corrected chi connectivity index (χ4v) is 4.57. The Morgan fingerprint density at radius 1 is 1.06 bits per heavy atom. The monoisotopic (exact) mass is 445 g/mol. The molecule has 0 radical (unpaired) electrons. The summed E-state index contributed by atoms with van der Waals surface area (Å²) in [4.78, 5) is 19.7. The van der Waals surface area contributed by atoms with Crippen molar-refractivity contribution in [2.75, 3.05) is 18.1 Å². The van der Waals surface area contributed by atoms with E-state index in [9.17, 15) is 4.79 Å². The first-order chi connectivity index (χ1) is 15.6. The van der Waals surface area contributed by atoms with Gasteiger partial charge in [0, 0.05) is 24.6 Å². The van der Waals surface area contributed by atoms with Crippen molar-refractivity contribution in [1.29, 1.82) is 0 Å². The Hall–Kier alpha value is -3.31. The summed E-state index contributed by atoms with van der Waals surface area (Å²) < 4.78 is 8.13. The molecule has 4 aromatic rings. The van der Waals surface area contributed by atoms with Gasteiger partial charge in [-0.15, -0.1) is 0 Å². The first-order valence-corrected chi connectivity index (χ1v) is 11.2. The summed E-state index contributed by atoms with van der Waals surface area (Å²) in [6.45, 7) is 3.74. The Morgan fingerprint density at radius 3 is 2.72 bits per heavy atom. The highest BCUT2D eigenvalue weighted by Gasteiger charge is 2.34. The molecule has 6 heteroatoms. The van der Waals surface area contributed by atoms with Crippen LogP contribution < -0.4 is 9.64 Å². The second-order valence-corrected chi connectivity index (χ2v) is 8.54. The van der Waals surface area contributed by atoms with Crippen molar-refractivity contribution in [2.45, 2.75) is 25.8 Å². The van der Waals surface area contributed by atoms with E-state index in [4.69, 9.17) is 21.3 Å². The second kappa shape index (κ2) is 8.67. The molecule has 1 aliphatic heterocycles. The zero-order chi connectivity index (χ0) is 22.1. The lowest BCUT2D eigenvalue weighted by molar-refractivity contribution is -0.117. The summed E-state index contributed by atoms with van der Waals surface area (Å²) in [6, 6.07) is 23.6. The van der Waals surface area contributed by atoms with E-state index in [0.717, 1.165) is 28.1 Å². The van der Waals surface area contributed by atoms with Crippen LogP contribution in [0.3, 0.4) is 0 Å². The van der Waals surface area contributed by atoms with Gasteiger partial charge in [0.05, 0.1) is 22.6 Å². The van der Waals surface area contributed by atoms with E-state index >= 15 is 0 Å². The van der Waals surface area contributed by atoms with E-state index in [1.165, 1.54) is 0 Å². The van der Waals surface area contributed by atoms with Gasteiger partial charge in [-0.25, -0.2) is 4.98 Å². The lowest BCUT2D eigenvalue weighted by Crippen LogP contribution is -2.24. The molecule has 1 aromatic heterocycles. The molecule has 0 N–H and O–H groups in total. The zero-order valence-electron chi connectivity index (χ0n) is 17.9. The number of imidazole rings is 1. The van der Waals surface area contributed by atoms with Crippen molar-refractivity contribution in [2.24, 2.45) is 0 Å². The molecule has 5 nitrogen and oxygen atoms in total. The molecule has 1 atom stereocenters. The molecular weight excluding hydrogens is 422 g/mol. The lowest BCUT2D eigenvalue weighted by Gasteiger charge is -2.18. The third-order valence-electron chi connectivity index (χ3n) is 5.90. The number of halogens is 1. The molecule has 162 valence electrons. The average Bonchev–Trinajstić information content (AvgIpc) is 3.36. The minimum Gasteiger partial charge on any atom is -0.490 e. The molecule has 0 bridgehead atoms. The van der Waals surface area contributed by atoms with Gasteiger partial charge in [-0.2, -0.15) is 0 Å². The van der Waals surface area contributed by atoms with E-state index in [-0.39, 0.29) is 11.8 Å². The standard InChI is InChI=1S/C26H24ClN3O2/c1-18-7-6-8-20(15-18)30-17-19(16-25(30)31)26-28-22-10-3-4-11-23(22)29(26)13-14-32-24-12-5-2-9-21(24)27/h2-12,15,19H,13-14,16-17H2,1H3/t19-/m0/s1. The Labute approximate surface area is 192 Å². The molecule has 5 rings (SSSR count). The topological polar surface area (TPSA) is 47.4 Å². The van der Waals surface area contributed by atoms with Gasteiger partial charge in [0.2, 0.25) is 5.91 Å². The third kappa shape index (κ3) is 3.96. The summed E-state index contributed by atoms with van der Waals surface area (Å²) in [6.07, 6.45) is 0.447. The first kappa shape index (κ1) is 20.6. The average molecular weight is 446 g/mol. The van der Waals surface area contributed by atoms with E-state index in [0.29, 0.717) is 36.9 Å². The molecule has 1 fully saturated rings. The van der Waals surface area contributed by atoms with Gasteiger partial charge >= 0.3 is 0 Å². The van der Waals surface area contributed by atoms with Gasteiger partial charge < -0.3 is 14.2 Å². The quantitative estimate of drug-likeness (QED) is 0.388. The molecule has 1 amide bonds. The predicted molar refractivity (Wildman–Crippen MR) is 128 cm³/mol. The highest BCUT2D eigenvalue weighted by Crippen LogP contribution is 2.33. The number of benzene rings is 3. The number of aryl methyl sites for hydroxylation is 1. The van der Waals surface area contributed by atoms with E-state index < -0.39 is 0 Å². The van der Waals surface area contributed by atoms with Crippen molar-refractivity contribution >= 4 is 34.2 Å².